The van der Waals surface area contributed by atoms with E-state index in [1.807, 2.05) is 51.1 Å². The maximum Gasteiger partial charge on any atom is 0.407 e. The van der Waals surface area contributed by atoms with Gasteiger partial charge >= 0.3 is 12.1 Å². The molecule has 10 nitrogen and oxygen atoms in total. The molecule has 0 radical (unpaired) electrons. The highest BCUT2D eigenvalue weighted by Gasteiger charge is 2.50. The molecule has 3 unspecified atom stereocenters. The first-order chi connectivity index (χ1) is 16.3. The van der Waals surface area contributed by atoms with Crippen LogP contribution < -0.4 is 10.7 Å². The Kier molecular flexibility index (Phi) is 6.01. The number of ether oxygens (including phenoxy) is 2. The summed E-state index contributed by atoms with van der Waals surface area (Å²) < 4.78 is 11.5. The fourth-order valence-electron chi connectivity index (χ4n) is 4.94. The number of alkyl carbamates (subject to hydrolysis) is 1. The molecule has 2 saturated heterocycles. The van der Waals surface area contributed by atoms with Crippen LogP contribution in [-0.2, 0) is 20.9 Å². The van der Waals surface area contributed by atoms with Crippen molar-refractivity contribution in [2.24, 2.45) is 11.0 Å². The number of hydroxylamine groups is 2. The summed E-state index contributed by atoms with van der Waals surface area (Å²) in [6.45, 7) is 6.51. The minimum absolute atomic E-state index is 0.0459. The predicted molar refractivity (Wildman–Crippen MR) is 123 cm³/mol. The third-order valence-corrected chi connectivity index (χ3v) is 6.69. The van der Waals surface area contributed by atoms with Crippen LogP contribution in [0.1, 0.15) is 52.0 Å². The Morgan fingerprint density at radius 3 is 2.74 bits per heavy atom. The molecule has 10 heteroatoms. The molecule has 1 aliphatic carbocycles. The van der Waals surface area contributed by atoms with Crippen LogP contribution in [-0.4, -0.2) is 64.5 Å². The van der Waals surface area contributed by atoms with E-state index in [1.54, 1.807) is 4.90 Å². The molecule has 2 bridgehead atoms. The van der Waals surface area contributed by atoms with Gasteiger partial charge in [-0.25, -0.2) is 9.59 Å². The van der Waals surface area contributed by atoms with Gasteiger partial charge in [0.05, 0.1) is 6.04 Å². The predicted octanol–water partition coefficient (Wildman–Crippen LogP) is 2.95. The molecule has 3 fully saturated rings. The van der Waals surface area contributed by atoms with Crippen LogP contribution in [0.15, 0.2) is 35.4 Å². The number of benzene rings is 1. The Morgan fingerprint density at radius 2 is 2.00 bits per heavy atom. The van der Waals surface area contributed by atoms with Crippen molar-refractivity contribution in [3.05, 3.63) is 35.9 Å². The molecule has 3 amide bonds. The smallest absolute Gasteiger partial charge is 0.407 e. The zero-order valence-electron chi connectivity index (χ0n) is 19.9. The number of rotatable bonds is 6. The summed E-state index contributed by atoms with van der Waals surface area (Å²) in [5.41, 5.74) is 3.60. The second-order valence-corrected chi connectivity index (χ2v) is 10.5. The normalized spacial score (nSPS) is 30.3. The lowest BCUT2D eigenvalue weighted by molar-refractivity contribution is -0.140. The number of piperidine rings is 1. The van der Waals surface area contributed by atoms with Crippen molar-refractivity contribution in [1.29, 1.82) is 0 Å². The third-order valence-electron chi connectivity index (χ3n) is 6.69. The van der Waals surface area contributed by atoms with Crippen molar-refractivity contribution in [3.63, 3.8) is 0 Å². The standard InChI is InChI=1S/C24H33N5O5/c1-24(2,3)34-22(30)25-17-11-16(12-17)20-26-27-21(33-20)19-10-9-18-13-28(19)23(31)29(18)32-14-15-7-5-4-6-8-15/h4-8,16-20,26H,9-14H2,1-3H3,(H,25,30). The number of nitrogens with one attached hydrogen (secondary N) is 2. The van der Waals surface area contributed by atoms with Gasteiger partial charge in [-0.1, -0.05) is 30.3 Å². The van der Waals surface area contributed by atoms with Gasteiger partial charge in [0, 0.05) is 18.5 Å². The van der Waals surface area contributed by atoms with Crippen molar-refractivity contribution in [2.75, 3.05) is 6.54 Å². The Morgan fingerprint density at radius 1 is 1.24 bits per heavy atom. The first kappa shape index (κ1) is 22.8. The Labute approximate surface area is 199 Å². The lowest BCUT2D eigenvalue weighted by Crippen LogP contribution is -2.51. The highest BCUT2D eigenvalue weighted by atomic mass is 16.7. The van der Waals surface area contributed by atoms with Gasteiger partial charge in [-0.3, -0.25) is 10.3 Å². The molecule has 4 aliphatic rings. The summed E-state index contributed by atoms with van der Waals surface area (Å²) >= 11 is 0. The SMILES string of the molecule is CC(C)(C)OC(=O)NC1CC(C2NN=C(C3CCC4CN3C(=O)N4OCc3ccccc3)O2)C1. The summed E-state index contributed by atoms with van der Waals surface area (Å²) in [5, 5.41) is 8.85. The van der Waals surface area contributed by atoms with Crippen molar-refractivity contribution in [2.45, 2.75) is 83.0 Å². The van der Waals surface area contributed by atoms with E-state index in [1.165, 1.54) is 5.06 Å². The molecule has 1 aromatic rings. The number of carbonyl (C=O) groups excluding carboxylic acids is 2. The lowest BCUT2D eigenvalue weighted by Gasteiger charge is -2.38. The van der Waals surface area contributed by atoms with Gasteiger partial charge in [0.1, 0.15) is 18.2 Å². The summed E-state index contributed by atoms with van der Waals surface area (Å²) in [6.07, 6.45) is 2.55. The van der Waals surface area contributed by atoms with Gasteiger partial charge < -0.3 is 19.7 Å². The van der Waals surface area contributed by atoms with Gasteiger partial charge in [0.2, 0.25) is 5.90 Å². The first-order valence-electron chi connectivity index (χ1n) is 12.0. The number of hydrogen-bond donors (Lipinski definition) is 2. The molecule has 2 N–H and O–H groups in total. The molecule has 34 heavy (non-hydrogen) atoms. The van der Waals surface area contributed by atoms with Crippen LogP contribution in [0, 0.1) is 5.92 Å². The van der Waals surface area contributed by atoms with Crippen molar-refractivity contribution >= 4 is 18.0 Å². The van der Waals surface area contributed by atoms with Crippen LogP contribution in [0.25, 0.3) is 0 Å². The highest BCUT2D eigenvalue weighted by Crippen LogP contribution is 2.36. The van der Waals surface area contributed by atoms with Gasteiger partial charge in [-0.15, -0.1) is 5.10 Å². The average molecular weight is 472 g/mol. The van der Waals surface area contributed by atoms with Crippen LogP contribution in [0.3, 0.4) is 0 Å². The van der Waals surface area contributed by atoms with E-state index in [-0.39, 0.29) is 36.3 Å². The second kappa shape index (κ2) is 8.98. The molecule has 184 valence electrons. The molecule has 5 rings (SSSR count). The van der Waals surface area contributed by atoms with E-state index in [4.69, 9.17) is 14.3 Å². The fourth-order valence-corrected chi connectivity index (χ4v) is 4.94. The van der Waals surface area contributed by atoms with Gasteiger partial charge in [0.25, 0.3) is 0 Å². The molecule has 0 spiro atoms. The molecule has 3 atom stereocenters. The summed E-state index contributed by atoms with van der Waals surface area (Å²) in [6, 6.07) is 9.63. The van der Waals surface area contributed by atoms with Crippen LogP contribution >= 0.6 is 0 Å². The van der Waals surface area contributed by atoms with E-state index in [9.17, 15) is 9.59 Å². The van der Waals surface area contributed by atoms with Crippen LogP contribution in [0.2, 0.25) is 0 Å². The third kappa shape index (κ3) is 4.77. The fraction of sp³-hybridized carbons (Fsp3) is 0.625. The van der Waals surface area contributed by atoms with Gasteiger partial charge in [-0.05, 0) is 52.0 Å². The zero-order valence-corrected chi connectivity index (χ0v) is 19.9. The lowest BCUT2D eigenvalue weighted by atomic mass is 9.79. The highest BCUT2D eigenvalue weighted by molar-refractivity contribution is 5.89. The average Bonchev–Trinajstić information content (AvgIpc) is 3.33. The molecule has 0 aromatic heterocycles. The van der Waals surface area contributed by atoms with E-state index < -0.39 is 11.7 Å². The van der Waals surface area contributed by atoms with E-state index >= 15 is 0 Å². The topological polar surface area (TPSA) is 105 Å². The number of urea groups is 1. The molecular weight excluding hydrogens is 438 g/mol. The molecule has 1 saturated carbocycles. The van der Waals surface area contributed by atoms with Crippen molar-refractivity contribution in [3.8, 4) is 0 Å². The summed E-state index contributed by atoms with van der Waals surface area (Å²) in [5.74, 6) is 0.794. The van der Waals surface area contributed by atoms with Gasteiger partial charge in [-0.2, -0.15) is 5.06 Å². The van der Waals surface area contributed by atoms with E-state index in [0.717, 1.165) is 31.2 Å². The zero-order chi connectivity index (χ0) is 23.9. The van der Waals surface area contributed by atoms with Crippen LogP contribution in [0.4, 0.5) is 9.59 Å². The number of hydrogen-bond acceptors (Lipinski definition) is 7. The maximum atomic E-state index is 13.0. The number of carbonyl (C=O) groups is 2. The van der Waals surface area contributed by atoms with E-state index in [0.29, 0.717) is 19.0 Å². The van der Waals surface area contributed by atoms with Crippen molar-refractivity contribution in [1.82, 2.24) is 20.7 Å². The maximum absolute atomic E-state index is 13.0. The molecular formula is C24H33N5O5. The molecule has 1 aromatic carbocycles. The monoisotopic (exact) mass is 471 g/mol. The Hall–Kier alpha value is -3.01. The minimum atomic E-state index is -0.514. The van der Waals surface area contributed by atoms with Crippen molar-refractivity contribution < 1.29 is 23.9 Å². The molecule has 3 heterocycles. The quantitative estimate of drug-likeness (QED) is 0.661. The minimum Gasteiger partial charge on any atom is -0.453 e. The second-order valence-electron chi connectivity index (χ2n) is 10.5. The molecule has 3 aliphatic heterocycles. The first-order valence-corrected chi connectivity index (χ1v) is 12.0. The Bertz CT molecular complexity index is 943. The largest absolute Gasteiger partial charge is 0.453 e. The van der Waals surface area contributed by atoms with Gasteiger partial charge in [0.15, 0.2) is 6.23 Å². The number of amides is 3. The van der Waals surface area contributed by atoms with Crippen LogP contribution in [0.5, 0.6) is 0 Å². The number of nitrogens with zero attached hydrogens (tertiary/aromatic N) is 3. The number of fused-ring (bicyclic) bond motifs is 2. The summed E-state index contributed by atoms with van der Waals surface area (Å²) in [7, 11) is 0. The number of hydrazone groups is 1. The summed E-state index contributed by atoms with van der Waals surface area (Å²) in [4.78, 5) is 32.7. The van der Waals surface area contributed by atoms with E-state index in [2.05, 4.69) is 15.8 Å². The Balaban J connectivity index is 1.09.